The maximum Gasteiger partial charge on any atom is 0.256 e. The summed E-state index contributed by atoms with van der Waals surface area (Å²) in [5.74, 6) is 0.126. The zero-order chi connectivity index (χ0) is 12.9. The van der Waals surface area contributed by atoms with Crippen LogP contribution in [0.1, 0.15) is 23.2 Å². The first-order valence-electron chi connectivity index (χ1n) is 6.09. The Morgan fingerprint density at radius 3 is 2.83 bits per heavy atom. The molecule has 1 aromatic carbocycles. The summed E-state index contributed by atoms with van der Waals surface area (Å²) in [5, 5.41) is 1.02. The predicted molar refractivity (Wildman–Crippen MR) is 75.7 cm³/mol. The number of aryl methyl sites for hydroxylation is 1. The van der Waals surface area contributed by atoms with Gasteiger partial charge in [-0.3, -0.25) is 4.79 Å². The Hall–Kier alpha value is -1.29. The zero-order valence-corrected chi connectivity index (χ0v) is 12.1. The second-order valence-corrected chi connectivity index (χ2v) is 5.88. The van der Waals surface area contributed by atoms with Gasteiger partial charge >= 0.3 is 0 Å². The van der Waals surface area contributed by atoms with E-state index in [0.29, 0.717) is 6.04 Å². The number of fused-ring (bicyclic) bond motifs is 1. The molecule has 0 aliphatic heterocycles. The van der Waals surface area contributed by atoms with E-state index in [2.05, 4.69) is 15.9 Å². The summed E-state index contributed by atoms with van der Waals surface area (Å²) >= 11 is 3.47. The minimum atomic E-state index is 0.126. The van der Waals surface area contributed by atoms with Gasteiger partial charge in [-0.1, -0.05) is 15.9 Å². The molecule has 1 amide bonds. The molecule has 0 N–H and O–H groups in total. The van der Waals surface area contributed by atoms with E-state index in [4.69, 9.17) is 0 Å². The Balaban J connectivity index is 2.10. The van der Waals surface area contributed by atoms with Crippen molar-refractivity contribution in [2.45, 2.75) is 18.9 Å². The molecular formula is C14H15BrN2O. The van der Waals surface area contributed by atoms with E-state index in [-0.39, 0.29) is 5.91 Å². The van der Waals surface area contributed by atoms with Gasteiger partial charge < -0.3 is 9.47 Å². The minimum Gasteiger partial charge on any atom is -0.350 e. The summed E-state index contributed by atoms with van der Waals surface area (Å²) in [6.45, 7) is 0. The van der Waals surface area contributed by atoms with Gasteiger partial charge in [0.15, 0.2) is 0 Å². The largest absolute Gasteiger partial charge is 0.350 e. The molecule has 1 heterocycles. The van der Waals surface area contributed by atoms with Crippen molar-refractivity contribution in [3.05, 3.63) is 34.4 Å². The van der Waals surface area contributed by atoms with Crippen molar-refractivity contribution < 1.29 is 4.79 Å². The molecular weight excluding hydrogens is 292 g/mol. The van der Waals surface area contributed by atoms with Gasteiger partial charge in [-0.25, -0.2) is 0 Å². The van der Waals surface area contributed by atoms with Gasteiger partial charge in [-0.05, 0) is 31.0 Å². The lowest BCUT2D eigenvalue weighted by Gasteiger charge is -2.15. The highest BCUT2D eigenvalue weighted by molar-refractivity contribution is 9.10. The Kier molecular flexibility index (Phi) is 2.70. The van der Waals surface area contributed by atoms with E-state index in [0.717, 1.165) is 33.8 Å². The van der Waals surface area contributed by atoms with Gasteiger partial charge in [0.05, 0.1) is 5.56 Å². The third-order valence-electron chi connectivity index (χ3n) is 3.60. The van der Waals surface area contributed by atoms with Crippen LogP contribution in [-0.4, -0.2) is 28.5 Å². The average Bonchev–Trinajstić information content (AvgIpc) is 3.13. The standard InChI is InChI=1S/C14H15BrN2O/c1-16-8-12(14(18)17(2)10-4-5-10)11-7-9(15)3-6-13(11)16/h3,6-8,10H,4-5H2,1-2H3. The normalized spacial score (nSPS) is 15.1. The number of nitrogens with zero attached hydrogens (tertiary/aromatic N) is 2. The van der Waals surface area contributed by atoms with Crippen molar-refractivity contribution in [3.63, 3.8) is 0 Å². The number of hydrogen-bond acceptors (Lipinski definition) is 1. The first-order chi connectivity index (χ1) is 8.58. The summed E-state index contributed by atoms with van der Waals surface area (Å²) in [7, 11) is 3.88. The number of aromatic nitrogens is 1. The number of hydrogen-bond donors (Lipinski definition) is 0. The zero-order valence-electron chi connectivity index (χ0n) is 10.5. The molecule has 1 fully saturated rings. The minimum absolute atomic E-state index is 0.126. The van der Waals surface area contributed by atoms with Crippen molar-refractivity contribution in [2.24, 2.45) is 7.05 Å². The molecule has 1 aliphatic rings. The number of rotatable bonds is 2. The molecule has 3 nitrogen and oxygen atoms in total. The van der Waals surface area contributed by atoms with Gasteiger partial charge in [0.1, 0.15) is 0 Å². The Bertz CT molecular complexity index is 628. The molecule has 0 saturated heterocycles. The highest BCUT2D eigenvalue weighted by Crippen LogP contribution is 2.30. The van der Waals surface area contributed by atoms with Crippen LogP contribution < -0.4 is 0 Å². The molecule has 4 heteroatoms. The summed E-state index contributed by atoms with van der Waals surface area (Å²) in [4.78, 5) is 14.3. The number of amides is 1. The van der Waals surface area contributed by atoms with Gasteiger partial charge in [-0.2, -0.15) is 0 Å². The maximum atomic E-state index is 12.5. The van der Waals surface area contributed by atoms with E-state index in [1.54, 1.807) is 0 Å². The van der Waals surface area contributed by atoms with Gasteiger partial charge in [0, 0.05) is 41.7 Å². The van der Waals surface area contributed by atoms with Crippen LogP contribution in [0.15, 0.2) is 28.9 Å². The second kappa shape index (κ2) is 4.12. The van der Waals surface area contributed by atoms with Crippen LogP contribution in [0.3, 0.4) is 0 Å². The second-order valence-electron chi connectivity index (χ2n) is 4.96. The van der Waals surface area contributed by atoms with Crippen LogP contribution >= 0.6 is 15.9 Å². The van der Waals surface area contributed by atoms with E-state index < -0.39 is 0 Å². The smallest absolute Gasteiger partial charge is 0.256 e. The lowest BCUT2D eigenvalue weighted by molar-refractivity contribution is 0.0787. The molecule has 0 spiro atoms. The van der Waals surface area contributed by atoms with Gasteiger partial charge in [0.25, 0.3) is 5.91 Å². The van der Waals surface area contributed by atoms with Crippen molar-refractivity contribution in [3.8, 4) is 0 Å². The molecule has 1 aromatic heterocycles. The van der Waals surface area contributed by atoms with E-state index in [1.165, 1.54) is 0 Å². The molecule has 0 unspecified atom stereocenters. The van der Waals surface area contributed by atoms with Crippen molar-refractivity contribution in [1.82, 2.24) is 9.47 Å². The third kappa shape index (κ3) is 1.85. The van der Waals surface area contributed by atoms with E-state index in [9.17, 15) is 4.79 Å². The molecule has 1 saturated carbocycles. The molecule has 3 rings (SSSR count). The maximum absolute atomic E-state index is 12.5. The molecule has 1 aliphatic carbocycles. The fraction of sp³-hybridized carbons (Fsp3) is 0.357. The van der Waals surface area contributed by atoms with Crippen LogP contribution in [0.25, 0.3) is 10.9 Å². The fourth-order valence-corrected chi connectivity index (χ4v) is 2.71. The monoisotopic (exact) mass is 306 g/mol. The molecule has 0 atom stereocenters. The molecule has 0 bridgehead atoms. The van der Waals surface area contributed by atoms with Gasteiger partial charge in [0.2, 0.25) is 0 Å². The van der Waals surface area contributed by atoms with E-state index >= 15 is 0 Å². The van der Waals surface area contributed by atoms with E-state index in [1.807, 2.05) is 48.0 Å². The summed E-state index contributed by atoms with van der Waals surface area (Å²) in [5.41, 5.74) is 1.88. The SMILES string of the molecule is CN(C(=O)c1cn(C)c2ccc(Br)cc12)C1CC1. The van der Waals surface area contributed by atoms with Crippen LogP contribution in [0.4, 0.5) is 0 Å². The molecule has 0 radical (unpaired) electrons. The summed E-state index contributed by atoms with van der Waals surface area (Å²) < 4.78 is 3.01. The number of carbonyl (C=O) groups is 1. The number of carbonyl (C=O) groups excluding carboxylic acids is 1. The van der Waals surface area contributed by atoms with Crippen molar-refractivity contribution in [1.29, 1.82) is 0 Å². The highest BCUT2D eigenvalue weighted by Gasteiger charge is 2.31. The molecule has 94 valence electrons. The topological polar surface area (TPSA) is 25.2 Å². The highest BCUT2D eigenvalue weighted by atomic mass is 79.9. The summed E-state index contributed by atoms with van der Waals surface area (Å²) in [6, 6.07) is 6.50. The lowest BCUT2D eigenvalue weighted by atomic mass is 10.1. The third-order valence-corrected chi connectivity index (χ3v) is 4.09. The number of halogens is 1. The first kappa shape index (κ1) is 11.8. The van der Waals surface area contributed by atoms with Crippen LogP contribution in [0, 0.1) is 0 Å². The predicted octanol–water partition coefficient (Wildman–Crippen LogP) is 3.18. The quantitative estimate of drug-likeness (QED) is 0.836. The fourth-order valence-electron chi connectivity index (χ4n) is 2.35. The Morgan fingerprint density at radius 1 is 1.44 bits per heavy atom. The summed E-state index contributed by atoms with van der Waals surface area (Å²) in [6.07, 6.45) is 4.20. The molecule has 18 heavy (non-hydrogen) atoms. The Labute approximate surface area is 115 Å². The van der Waals surface area contributed by atoms with Crippen LogP contribution in [0.5, 0.6) is 0 Å². The van der Waals surface area contributed by atoms with Crippen LogP contribution in [-0.2, 0) is 7.05 Å². The van der Waals surface area contributed by atoms with Crippen molar-refractivity contribution in [2.75, 3.05) is 7.05 Å². The lowest BCUT2D eigenvalue weighted by Crippen LogP contribution is -2.28. The van der Waals surface area contributed by atoms with Crippen molar-refractivity contribution >= 4 is 32.7 Å². The van der Waals surface area contributed by atoms with Crippen LogP contribution in [0.2, 0.25) is 0 Å². The first-order valence-corrected chi connectivity index (χ1v) is 6.89. The average molecular weight is 307 g/mol. The number of benzene rings is 1. The van der Waals surface area contributed by atoms with Gasteiger partial charge in [-0.15, -0.1) is 0 Å². The molecule has 2 aromatic rings. The Morgan fingerprint density at radius 2 is 2.17 bits per heavy atom.